The van der Waals surface area contributed by atoms with Gasteiger partial charge in [-0.15, -0.1) is 0 Å². The van der Waals surface area contributed by atoms with Crippen LogP contribution in [0.1, 0.15) is 83.0 Å². The van der Waals surface area contributed by atoms with Crippen LogP contribution in [0.3, 0.4) is 0 Å². The zero-order chi connectivity index (χ0) is 37.6. The number of nitrogens with zero attached hydrogens (tertiary/aromatic N) is 5. The monoisotopic (exact) mass is 727 g/mol. The minimum absolute atomic E-state index is 0.0340. The first-order valence-electron chi connectivity index (χ1n) is 17.8. The van der Waals surface area contributed by atoms with Gasteiger partial charge in [-0.3, -0.25) is 29.4 Å². The lowest BCUT2D eigenvalue weighted by Crippen LogP contribution is -2.54. The molecule has 4 amide bonds. The van der Waals surface area contributed by atoms with Crippen LogP contribution < -0.4 is 20.1 Å². The van der Waals surface area contributed by atoms with Crippen molar-refractivity contribution in [2.75, 3.05) is 5.32 Å². The van der Waals surface area contributed by atoms with Gasteiger partial charge in [-0.25, -0.2) is 9.97 Å². The van der Waals surface area contributed by atoms with Crippen molar-refractivity contribution >= 4 is 29.3 Å². The Hall–Kier alpha value is -6.44. The lowest BCUT2D eigenvalue weighted by atomic mass is 9.78. The fraction of sp³-hybridized carbons (Fsp3) is 0.300. The standard InChI is InChI=1S/C40H37N7O7/c1-22-42-36(46-54-22)35-41-17-16-26(44-35)21-52-28-9-4-23(5-10-28)40(2,3)24-6-11-29(12-7-24)53-30-18-27(19-30)43-25-8-13-31-32(20-25)39(51)47(38(31)50)33-14-15-34(48)45-37(33)49/h4-13,16-17,20,27,30,33,43H,14-15,18-19,21H2,1-3H3,(H,45,48,49)/t27-,30+,33?. The molecule has 8 rings (SSSR count). The van der Waals surface area contributed by atoms with Gasteiger partial charge < -0.3 is 19.3 Å². The van der Waals surface area contributed by atoms with E-state index in [0.717, 1.165) is 40.4 Å². The van der Waals surface area contributed by atoms with Crippen molar-refractivity contribution in [1.29, 1.82) is 0 Å². The number of amides is 4. The first-order valence-corrected chi connectivity index (χ1v) is 17.8. The van der Waals surface area contributed by atoms with E-state index >= 15 is 0 Å². The Morgan fingerprint density at radius 1 is 0.870 bits per heavy atom. The van der Waals surface area contributed by atoms with E-state index < -0.39 is 29.7 Å². The van der Waals surface area contributed by atoms with Gasteiger partial charge in [0.25, 0.3) is 11.8 Å². The Balaban J connectivity index is 0.822. The highest BCUT2D eigenvalue weighted by Gasteiger charge is 2.45. The Kier molecular flexibility index (Phi) is 8.88. The molecule has 3 aliphatic rings. The average molecular weight is 728 g/mol. The highest BCUT2D eigenvalue weighted by molar-refractivity contribution is 6.23. The molecule has 2 N–H and O–H groups in total. The highest BCUT2D eigenvalue weighted by Crippen LogP contribution is 2.36. The third-order valence-corrected chi connectivity index (χ3v) is 10.2. The van der Waals surface area contributed by atoms with E-state index in [0.29, 0.717) is 28.9 Å². The number of carbonyl (C=O) groups is 4. The molecule has 2 aliphatic heterocycles. The molecule has 4 heterocycles. The number of aromatic nitrogens is 4. The van der Waals surface area contributed by atoms with Crippen LogP contribution >= 0.6 is 0 Å². The number of ether oxygens (including phenoxy) is 2. The third kappa shape index (κ3) is 6.77. The number of imide groups is 2. The molecule has 3 aromatic carbocycles. The van der Waals surface area contributed by atoms with Gasteiger partial charge in [0, 0.05) is 49.5 Å². The number of rotatable bonds is 11. The summed E-state index contributed by atoms with van der Waals surface area (Å²) in [5.74, 6) is 0.597. The van der Waals surface area contributed by atoms with Crippen LogP contribution in [0.4, 0.5) is 5.69 Å². The molecule has 0 bridgehead atoms. The fourth-order valence-electron chi connectivity index (χ4n) is 6.98. The molecule has 1 aliphatic carbocycles. The number of piperidine rings is 1. The summed E-state index contributed by atoms with van der Waals surface area (Å²) >= 11 is 0. The number of fused-ring (bicyclic) bond motifs is 1. The Morgan fingerprint density at radius 2 is 1.57 bits per heavy atom. The second kappa shape index (κ2) is 13.8. The van der Waals surface area contributed by atoms with Crippen molar-refractivity contribution in [1.82, 2.24) is 30.3 Å². The van der Waals surface area contributed by atoms with Crippen molar-refractivity contribution in [3.63, 3.8) is 0 Å². The molecule has 1 saturated heterocycles. The summed E-state index contributed by atoms with van der Waals surface area (Å²) in [4.78, 5) is 64.0. The smallest absolute Gasteiger partial charge is 0.262 e. The van der Waals surface area contributed by atoms with Crippen LogP contribution in [0, 0.1) is 6.92 Å². The van der Waals surface area contributed by atoms with Crippen molar-refractivity contribution in [3.8, 4) is 23.1 Å². The van der Waals surface area contributed by atoms with E-state index in [1.165, 1.54) is 0 Å². The van der Waals surface area contributed by atoms with Gasteiger partial charge >= 0.3 is 0 Å². The Morgan fingerprint density at radius 3 is 2.26 bits per heavy atom. The van der Waals surface area contributed by atoms with Crippen molar-refractivity contribution in [3.05, 3.63) is 113 Å². The summed E-state index contributed by atoms with van der Waals surface area (Å²) < 4.78 is 17.3. The summed E-state index contributed by atoms with van der Waals surface area (Å²) in [6.45, 7) is 6.33. The van der Waals surface area contributed by atoms with Crippen molar-refractivity contribution in [2.24, 2.45) is 0 Å². The fourth-order valence-corrected chi connectivity index (χ4v) is 6.98. The molecular formula is C40H37N7O7. The van der Waals surface area contributed by atoms with E-state index in [1.54, 1.807) is 37.4 Å². The quantitative estimate of drug-likeness (QED) is 0.171. The van der Waals surface area contributed by atoms with E-state index in [4.69, 9.17) is 14.0 Å². The number of hydrogen-bond acceptors (Lipinski definition) is 12. The maximum absolute atomic E-state index is 13.2. The molecular weight excluding hydrogens is 690 g/mol. The molecule has 14 nitrogen and oxygen atoms in total. The molecule has 54 heavy (non-hydrogen) atoms. The first kappa shape index (κ1) is 34.6. The summed E-state index contributed by atoms with van der Waals surface area (Å²) in [5.41, 5.74) is 3.92. The van der Waals surface area contributed by atoms with E-state index in [2.05, 4.69) is 68.9 Å². The van der Waals surface area contributed by atoms with E-state index in [9.17, 15) is 19.2 Å². The first-order chi connectivity index (χ1) is 26.0. The minimum Gasteiger partial charge on any atom is -0.490 e. The van der Waals surface area contributed by atoms with Crippen molar-refractivity contribution in [2.45, 2.75) is 76.7 Å². The number of benzene rings is 3. The maximum Gasteiger partial charge on any atom is 0.262 e. The number of nitrogens with one attached hydrogen (secondary N) is 2. The molecule has 0 spiro atoms. The van der Waals surface area contributed by atoms with Crippen LogP contribution in [0.15, 0.2) is 83.5 Å². The third-order valence-electron chi connectivity index (χ3n) is 10.2. The largest absolute Gasteiger partial charge is 0.490 e. The minimum atomic E-state index is -0.990. The van der Waals surface area contributed by atoms with Gasteiger partial charge in [-0.05, 0) is 66.1 Å². The molecule has 5 aromatic rings. The topological polar surface area (TPSA) is 179 Å². The Bertz CT molecular complexity index is 2260. The van der Waals surface area contributed by atoms with Gasteiger partial charge in [-0.2, -0.15) is 4.98 Å². The van der Waals surface area contributed by atoms with Crippen LogP contribution in [0.25, 0.3) is 11.6 Å². The molecule has 274 valence electrons. The number of hydrogen-bond donors (Lipinski definition) is 2. The number of anilines is 1. The molecule has 2 aromatic heterocycles. The maximum atomic E-state index is 13.2. The summed E-state index contributed by atoms with van der Waals surface area (Å²) in [7, 11) is 0. The van der Waals surface area contributed by atoms with Crippen LogP contribution in [-0.4, -0.2) is 66.8 Å². The second-order valence-corrected chi connectivity index (χ2v) is 14.2. The molecule has 1 atom stereocenters. The van der Waals surface area contributed by atoms with Gasteiger partial charge in [-0.1, -0.05) is 43.3 Å². The van der Waals surface area contributed by atoms with Crippen LogP contribution in [0.5, 0.6) is 11.5 Å². The van der Waals surface area contributed by atoms with Gasteiger partial charge in [0.15, 0.2) is 0 Å². The molecule has 1 unspecified atom stereocenters. The SMILES string of the molecule is Cc1nc(-c2nccc(COc3ccc(C(C)(C)c4ccc(O[C@H]5C[C@@H](Nc6ccc7c(c6)C(=O)N(C6CCC(=O)NC6=O)C7=O)C5)cc4)cc3)n2)no1. The number of aryl methyl sites for hydroxylation is 1. The van der Waals surface area contributed by atoms with Crippen LogP contribution in [0.2, 0.25) is 0 Å². The van der Waals surface area contributed by atoms with Gasteiger partial charge in [0.1, 0.15) is 30.3 Å². The normalized spacial score (nSPS) is 19.6. The van der Waals surface area contributed by atoms with Crippen LogP contribution in [-0.2, 0) is 21.6 Å². The lowest BCUT2D eigenvalue weighted by molar-refractivity contribution is -0.136. The molecule has 1 saturated carbocycles. The van der Waals surface area contributed by atoms with Crippen molar-refractivity contribution < 1.29 is 33.2 Å². The average Bonchev–Trinajstić information content (AvgIpc) is 3.70. The zero-order valence-corrected chi connectivity index (χ0v) is 29.9. The van der Waals surface area contributed by atoms with E-state index in [1.807, 2.05) is 24.3 Å². The predicted molar refractivity (Wildman–Crippen MR) is 194 cm³/mol. The zero-order valence-electron chi connectivity index (χ0n) is 29.9. The molecule has 2 fully saturated rings. The van der Waals surface area contributed by atoms with E-state index in [-0.39, 0.29) is 48.1 Å². The summed E-state index contributed by atoms with van der Waals surface area (Å²) in [6.07, 6.45) is 3.41. The van der Waals surface area contributed by atoms with Gasteiger partial charge in [0.2, 0.25) is 29.4 Å². The summed E-state index contributed by atoms with van der Waals surface area (Å²) in [6, 6.07) is 22.2. The lowest BCUT2D eigenvalue weighted by Gasteiger charge is -2.36. The second-order valence-electron chi connectivity index (χ2n) is 14.2. The molecule has 14 heteroatoms. The Labute approximate surface area is 310 Å². The molecule has 0 radical (unpaired) electrons. The van der Waals surface area contributed by atoms with Gasteiger partial charge in [0.05, 0.1) is 16.8 Å². The summed E-state index contributed by atoms with van der Waals surface area (Å²) in [5, 5.41) is 9.53. The predicted octanol–water partition coefficient (Wildman–Crippen LogP) is 5.16. The highest BCUT2D eigenvalue weighted by atomic mass is 16.5. The number of carbonyl (C=O) groups excluding carboxylic acids is 4.